The van der Waals surface area contributed by atoms with E-state index in [0.29, 0.717) is 24.9 Å². The van der Waals surface area contributed by atoms with Gasteiger partial charge >= 0.3 is 0 Å². The van der Waals surface area contributed by atoms with Crippen LogP contribution in [0.1, 0.15) is 24.0 Å². The highest BCUT2D eigenvalue weighted by atomic mass is 19.1. The molecule has 0 aliphatic carbocycles. The average Bonchev–Trinajstić information content (AvgIpc) is 2.36. The summed E-state index contributed by atoms with van der Waals surface area (Å²) in [5.74, 6) is 0.731. The minimum atomic E-state index is -1.48. The second-order valence-electron chi connectivity index (χ2n) is 4.47. The molecule has 1 atom stereocenters. The molecule has 0 heterocycles. The highest BCUT2D eigenvalue weighted by Crippen LogP contribution is 2.35. The lowest BCUT2D eigenvalue weighted by Gasteiger charge is -2.27. The molecule has 1 aromatic rings. The fourth-order valence-electron chi connectivity index (χ4n) is 2.16. The number of nitrogens with two attached hydrogens (primary N) is 1. The molecule has 0 spiro atoms. The summed E-state index contributed by atoms with van der Waals surface area (Å²) in [6.07, 6.45) is 0.996. The first-order chi connectivity index (χ1) is 8.57. The van der Waals surface area contributed by atoms with Crippen LogP contribution in [0.15, 0.2) is 18.2 Å². The zero-order chi connectivity index (χ0) is 13.6. The lowest BCUT2D eigenvalue weighted by molar-refractivity contribution is 0.0299. The Morgan fingerprint density at radius 1 is 1.33 bits per heavy atom. The van der Waals surface area contributed by atoms with E-state index in [0.717, 1.165) is 11.3 Å². The molecule has 102 valence electrons. The van der Waals surface area contributed by atoms with Gasteiger partial charge in [-0.2, -0.15) is 0 Å². The van der Waals surface area contributed by atoms with Gasteiger partial charge in [-0.25, -0.2) is 4.39 Å². The number of methoxy groups -OCH3 is 2. The number of hydrogen-bond donors (Lipinski definition) is 1. The van der Waals surface area contributed by atoms with Gasteiger partial charge in [-0.3, -0.25) is 0 Å². The maximum atomic E-state index is 15.0. The molecule has 0 aliphatic heterocycles. The third kappa shape index (κ3) is 3.43. The van der Waals surface area contributed by atoms with E-state index in [-0.39, 0.29) is 6.61 Å². The van der Waals surface area contributed by atoms with Crippen molar-refractivity contribution >= 4 is 0 Å². The Kier molecular flexibility index (Phi) is 5.56. The summed E-state index contributed by atoms with van der Waals surface area (Å²) in [6, 6.07) is 5.38. The van der Waals surface area contributed by atoms with Crippen LogP contribution in [-0.4, -0.2) is 27.4 Å². The van der Waals surface area contributed by atoms with Crippen molar-refractivity contribution in [3.8, 4) is 5.75 Å². The van der Waals surface area contributed by atoms with Crippen molar-refractivity contribution < 1.29 is 13.9 Å². The van der Waals surface area contributed by atoms with Crippen molar-refractivity contribution in [2.24, 2.45) is 5.73 Å². The zero-order valence-electron chi connectivity index (χ0n) is 11.3. The maximum absolute atomic E-state index is 15.0. The Hall–Kier alpha value is -1.13. The van der Waals surface area contributed by atoms with Gasteiger partial charge in [0.1, 0.15) is 5.75 Å². The molecule has 0 saturated carbocycles. The van der Waals surface area contributed by atoms with E-state index >= 15 is 0 Å². The quantitative estimate of drug-likeness (QED) is 0.814. The molecule has 4 heteroatoms. The third-order valence-corrected chi connectivity index (χ3v) is 3.07. The topological polar surface area (TPSA) is 44.5 Å². The van der Waals surface area contributed by atoms with Crippen LogP contribution in [0.2, 0.25) is 0 Å². The summed E-state index contributed by atoms with van der Waals surface area (Å²) in [5.41, 5.74) is 5.50. The zero-order valence-corrected chi connectivity index (χ0v) is 11.3. The number of aryl methyl sites for hydroxylation is 1. The van der Waals surface area contributed by atoms with E-state index in [1.807, 2.05) is 13.0 Å². The predicted octanol–water partition coefficient (Wildman–Crippen LogP) is 2.55. The van der Waals surface area contributed by atoms with Crippen molar-refractivity contribution in [3.63, 3.8) is 0 Å². The summed E-state index contributed by atoms with van der Waals surface area (Å²) >= 11 is 0. The Bertz CT molecular complexity index is 384. The van der Waals surface area contributed by atoms with Crippen LogP contribution < -0.4 is 10.5 Å². The van der Waals surface area contributed by atoms with Gasteiger partial charge in [0.25, 0.3) is 0 Å². The molecule has 1 rings (SSSR count). The Balaban J connectivity index is 3.04. The molecule has 18 heavy (non-hydrogen) atoms. The second-order valence-corrected chi connectivity index (χ2v) is 4.47. The molecule has 0 aromatic heterocycles. The second kappa shape index (κ2) is 6.71. The molecular weight excluding hydrogens is 233 g/mol. The summed E-state index contributed by atoms with van der Waals surface area (Å²) < 4.78 is 25.1. The van der Waals surface area contributed by atoms with Gasteiger partial charge in [-0.15, -0.1) is 0 Å². The van der Waals surface area contributed by atoms with E-state index in [1.54, 1.807) is 19.2 Å². The maximum Gasteiger partial charge on any atom is 0.159 e. The van der Waals surface area contributed by atoms with Gasteiger partial charge in [0.05, 0.1) is 13.7 Å². The van der Waals surface area contributed by atoms with Crippen LogP contribution in [0, 0.1) is 6.92 Å². The summed E-state index contributed by atoms with van der Waals surface area (Å²) in [7, 11) is 3.11. The number of benzene rings is 1. The first-order valence-electron chi connectivity index (χ1n) is 6.10. The Morgan fingerprint density at radius 3 is 2.56 bits per heavy atom. The molecule has 0 bridgehead atoms. The largest absolute Gasteiger partial charge is 0.497 e. The van der Waals surface area contributed by atoms with Gasteiger partial charge in [-0.1, -0.05) is 6.07 Å². The normalized spacial score (nSPS) is 14.3. The highest BCUT2D eigenvalue weighted by molar-refractivity contribution is 5.38. The van der Waals surface area contributed by atoms with Crippen LogP contribution in [0.25, 0.3) is 0 Å². The molecule has 0 amide bonds. The fraction of sp³-hybridized carbons (Fsp3) is 0.571. The Morgan fingerprint density at radius 2 is 2.06 bits per heavy atom. The van der Waals surface area contributed by atoms with Gasteiger partial charge < -0.3 is 15.2 Å². The van der Waals surface area contributed by atoms with Crippen molar-refractivity contribution in [2.75, 3.05) is 27.4 Å². The number of ether oxygens (including phenoxy) is 2. The van der Waals surface area contributed by atoms with Crippen molar-refractivity contribution in [3.05, 3.63) is 29.3 Å². The molecular formula is C14H22FNO2. The van der Waals surface area contributed by atoms with Crippen molar-refractivity contribution in [1.29, 1.82) is 0 Å². The SMILES string of the molecule is COCC(F)(CCCN)c1ccc(OC)cc1C. The molecule has 0 radical (unpaired) electrons. The third-order valence-electron chi connectivity index (χ3n) is 3.07. The lowest BCUT2D eigenvalue weighted by atomic mass is 9.88. The number of alkyl halides is 1. The molecule has 0 aliphatic rings. The van der Waals surface area contributed by atoms with Crippen LogP contribution in [0.4, 0.5) is 4.39 Å². The molecule has 0 saturated heterocycles. The summed E-state index contributed by atoms with van der Waals surface area (Å²) in [4.78, 5) is 0. The molecule has 0 fully saturated rings. The fourth-order valence-corrected chi connectivity index (χ4v) is 2.16. The predicted molar refractivity (Wildman–Crippen MR) is 70.7 cm³/mol. The van der Waals surface area contributed by atoms with E-state index < -0.39 is 5.67 Å². The number of hydrogen-bond acceptors (Lipinski definition) is 3. The summed E-state index contributed by atoms with van der Waals surface area (Å²) in [5, 5.41) is 0. The van der Waals surface area contributed by atoms with Gasteiger partial charge in [-0.05, 0) is 49.6 Å². The van der Waals surface area contributed by atoms with Gasteiger partial charge in [0, 0.05) is 7.11 Å². The van der Waals surface area contributed by atoms with Crippen LogP contribution in [0.3, 0.4) is 0 Å². The first-order valence-corrected chi connectivity index (χ1v) is 6.10. The monoisotopic (exact) mass is 255 g/mol. The number of rotatable bonds is 7. The summed E-state index contributed by atoms with van der Waals surface area (Å²) in [6.45, 7) is 2.40. The molecule has 2 N–H and O–H groups in total. The Labute approximate surface area is 108 Å². The molecule has 3 nitrogen and oxygen atoms in total. The van der Waals surface area contributed by atoms with E-state index in [2.05, 4.69) is 0 Å². The van der Waals surface area contributed by atoms with Gasteiger partial charge in [0.2, 0.25) is 0 Å². The minimum Gasteiger partial charge on any atom is -0.497 e. The molecule has 1 aromatic carbocycles. The smallest absolute Gasteiger partial charge is 0.159 e. The molecule has 1 unspecified atom stereocenters. The van der Waals surface area contributed by atoms with Crippen molar-refractivity contribution in [2.45, 2.75) is 25.4 Å². The highest BCUT2D eigenvalue weighted by Gasteiger charge is 2.33. The van der Waals surface area contributed by atoms with E-state index in [1.165, 1.54) is 7.11 Å². The van der Waals surface area contributed by atoms with E-state index in [9.17, 15) is 4.39 Å². The number of halogens is 1. The first kappa shape index (κ1) is 14.9. The standard InChI is InChI=1S/C14H22FNO2/c1-11-9-12(18-3)5-6-13(11)14(15,10-17-2)7-4-8-16/h5-6,9H,4,7-8,10,16H2,1-3H3. The van der Waals surface area contributed by atoms with Crippen LogP contribution >= 0.6 is 0 Å². The van der Waals surface area contributed by atoms with Crippen LogP contribution in [0.5, 0.6) is 5.75 Å². The van der Waals surface area contributed by atoms with Crippen molar-refractivity contribution in [1.82, 2.24) is 0 Å². The lowest BCUT2D eigenvalue weighted by Crippen LogP contribution is -2.28. The average molecular weight is 255 g/mol. The minimum absolute atomic E-state index is 0.0418. The van der Waals surface area contributed by atoms with Gasteiger partial charge in [0.15, 0.2) is 5.67 Å². The van der Waals surface area contributed by atoms with E-state index in [4.69, 9.17) is 15.2 Å². The van der Waals surface area contributed by atoms with Crippen LogP contribution in [-0.2, 0) is 10.4 Å².